The summed E-state index contributed by atoms with van der Waals surface area (Å²) in [6.07, 6.45) is 4.07. The molecule has 82 valence electrons. The summed E-state index contributed by atoms with van der Waals surface area (Å²) in [6, 6.07) is -1.18. The third kappa shape index (κ3) is 6.09. The van der Waals surface area contributed by atoms with Crippen molar-refractivity contribution in [1.29, 1.82) is 0 Å². The predicted molar refractivity (Wildman–Crippen MR) is 55.3 cm³/mol. The Labute approximate surface area is 87.4 Å². The molecular weight excluding hydrogens is 198 g/mol. The van der Waals surface area contributed by atoms with Crippen LogP contribution in [0.4, 0.5) is 0 Å². The lowest BCUT2D eigenvalue weighted by atomic mass is 10.2. The average molecular weight is 211 g/mol. The number of carboxylic acid groups (broad SMARTS) is 2. The lowest BCUT2D eigenvalue weighted by molar-refractivity contribution is -0.145. The highest BCUT2D eigenvalue weighted by Crippen LogP contribution is 1.98. The summed E-state index contributed by atoms with van der Waals surface area (Å²) in [5, 5.41) is 19.6. The Morgan fingerprint density at radius 1 is 1.40 bits per heavy atom. The van der Waals surface area contributed by atoms with Gasteiger partial charge in [0.1, 0.15) is 6.04 Å². The summed E-state index contributed by atoms with van der Waals surface area (Å²) in [5.74, 6) is -2.42. The molecule has 15 heavy (non-hydrogen) atoms. The Hall–Kier alpha value is -2.04. The van der Waals surface area contributed by atoms with Gasteiger partial charge in [-0.15, -0.1) is 0 Å². The second-order valence-electron chi connectivity index (χ2n) is 2.75. The maximum atomic E-state index is 10.6. The standard InChI is InChI=1S/C10H13NO4/c1-3-4-5-7(2)11-8(10(14)15)6-9(12)13/h3-5,8,11H,1-2,6H2,(H,12,13)(H,14,15)/b5-4-. The molecule has 0 aliphatic heterocycles. The molecule has 0 heterocycles. The normalized spacial score (nSPS) is 12.0. The van der Waals surface area contributed by atoms with E-state index in [-0.39, 0.29) is 0 Å². The van der Waals surface area contributed by atoms with Crippen molar-refractivity contribution >= 4 is 11.9 Å². The smallest absolute Gasteiger partial charge is 0.326 e. The molecular formula is C10H13NO4. The first-order chi connectivity index (χ1) is 6.97. The SMILES string of the molecule is C=C/C=C\C(=C)NC(CC(=O)O)C(=O)O. The van der Waals surface area contributed by atoms with E-state index in [1.54, 1.807) is 6.08 Å². The number of carboxylic acids is 2. The van der Waals surface area contributed by atoms with Crippen LogP contribution >= 0.6 is 0 Å². The summed E-state index contributed by atoms with van der Waals surface area (Å²) in [6.45, 7) is 6.95. The number of carbonyl (C=O) groups is 2. The van der Waals surface area contributed by atoms with Gasteiger partial charge in [-0.05, 0) is 6.08 Å². The van der Waals surface area contributed by atoms with Gasteiger partial charge in [-0.2, -0.15) is 0 Å². The third-order valence-electron chi connectivity index (χ3n) is 1.47. The van der Waals surface area contributed by atoms with Crippen LogP contribution in [0.1, 0.15) is 6.42 Å². The first-order valence-electron chi connectivity index (χ1n) is 4.16. The van der Waals surface area contributed by atoms with Gasteiger partial charge in [0.2, 0.25) is 0 Å². The third-order valence-corrected chi connectivity index (χ3v) is 1.47. The monoisotopic (exact) mass is 211 g/mol. The Balaban J connectivity index is 4.34. The molecule has 0 radical (unpaired) electrons. The Bertz CT molecular complexity index is 307. The molecule has 0 saturated carbocycles. The first-order valence-corrected chi connectivity index (χ1v) is 4.16. The zero-order chi connectivity index (χ0) is 11.8. The largest absolute Gasteiger partial charge is 0.481 e. The highest BCUT2D eigenvalue weighted by atomic mass is 16.4. The summed E-state index contributed by atoms with van der Waals surface area (Å²) in [5.41, 5.74) is 0.323. The van der Waals surface area contributed by atoms with Gasteiger partial charge in [-0.1, -0.05) is 25.3 Å². The minimum absolute atomic E-state index is 0.323. The van der Waals surface area contributed by atoms with Crippen LogP contribution in [-0.4, -0.2) is 28.2 Å². The van der Waals surface area contributed by atoms with Gasteiger partial charge in [0.25, 0.3) is 0 Å². The maximum absolute atomic E-state index is 10.6. The second kappa shape index (κ2) is 6.42. The first kappa shape index (κ1) is 13.0. The van der Waals surface area contributed by atoms with Crippen LogP contribution in [0.2, 0.25) is 0 Å². The van der Waals surface area contributed by atoms with Crippen LogP contribution in [0.25, 0.3) is 0 Å². The summed E-state index contributed by atoms with van der Waals surface area (Å²) in [7, 11) is 0. The van der Waals surface area contributed by atoms with Gasteiger partial charge in [0, 0.05) is 5.70 Å². The quantitative estimate of drug-likeness (QED) is 0.541. The Morgan fingerprint density at radius 3 is 2.40 bits per heavy atom. The van der Waals surface area contributed by atoms with E-state index in [1.165, 1.54) is 12.2 Å². The van der Waals surface area contributed by atoms with Crippen molar-refractivity contribution in [2.75, 3.05) is 0 Å². The maximum Gasteiger partial charge on any atom is 0.326 e. The van der Waals surface area contributed by atoms with E-state index in [0.29, 0.717) is 5.70 Å². The number of allylic oxidation sites excluding steroid dienone is 3. The molecule has 5 nitrogen and oxygen atoms in total. The Morgan fingerprint density at radius 2 is 2.00 bits per heavy atom. The van der Waals surface area contributed by atoms with Crippen molar-refractivity contribution < 1.29 is 19.8 Å². The van der Waals surface area contributed by atoms with Gasteiger partial charge in [-0.25, -0.2) is 4.79 Å². The topological polar surface area (TPSA) is 86.6 Å². The van der Waals surface area contributed by atoms with Crippen molar-refractivity contribution in [2.45, 2.75) is 12.5 Å². The van der Waals surface area contributed by atoms with Crippen molar-refractivity contribution in [2.24, 2.45) is 0 Å². The fourth-order valence-electron chi connectivity index (χ4n) is 0.831. The molecule has 0 aromatic carbocycles. The van der Waals surface area contributed by atoms with E-state index in [4.69, 9.17) is 10.2 Å². The minimum Gasteiger partial charge on any atom is -0.481 e. The molecule has 3 N–H and O–H groups in total. The lowest BCUT2D eigenvalue weighted by Crippen LogP contribution is -2.37. The van der Waals surface area contributed by atoms with Crippen molar-refractivity contribution in [3.8, 4) is 0 Å². The van der Waals surface area contributed by atoms with Gasteiger partial charge >= 0.3 is 11.9 Å². The van der Waals surface area contributed by atoms with E-state index >= 15 is 0 Å². The van der Waals surface area contributed by atoms with Crippen LogP contribution in [0.3, 0.4) is 0 Å². The summed E-state index contributed by atoms with van der Waals surface area (Å²) in [4.78, 5) is 21.0. The highest BCUT2D eigenvalue weighted by Gasteiger charge is 2.20. The zero-order valence-corrected chi connectivity index (χ0v) is 8.14. The summed E-state index contributed by atoms with van der Waals surface area (Å²) >= 11 is 0. The Kier molecular flexibility index (Phi) is 5.55. The van der Waals surface area contributed by atoms with Crippen LogP contribution in [-0.2, 0) is 9.59 Å². The minimum atomic E-state index is -1.23. The molecule has 5 heteroatoms. The van der Waals surface area contributed by atoms with Crippen LogP contribution < -0.4 is 5.32 Å². The van der Waals surface area contributed by atoms with E-state index < -0.39 is 24.4 Å². The van der Waals surface area contributed by atoms with E-state index in [2.05, 4.69) is 18.5 Å². The molecule has 0 fully saturated rings. The van der Waals surface area contributed by atoms with Gasteiger partial charge in [0.15, 0.2) is 0 Å². The molecule has 0 saturated heterocycles. The molecule has 1 atom stereocenters. The van der Waals surface area contributed by atoms with E-state index in [1.807, 2.05) is 0 Å². The van der Waals surface area contributed by atoms with Gasteiger partial charge in [0.05, 0.1) is 6.42 Å². The number of nitrogens with one attached hydrogen (secondary N) is 1. The fourth-order valence-corrected chi connectivity index (χ4v) is 0.831. The van der Waals surface area contributed by atoms with Gasteiger partial charge in [-0.3, -0.25) is 4.79 Å². The number of aliphatic carboxylic acids is 2. The van der Waals surface area contributed by atoms with Crippen LogP contribution in [0, 0.1) is 0 Å². The van der Waals surface area contributed by atoms with Crippen LogP contribution in [0.15, 0.2) is 37.1 Å². The molecule has 0 spiro atoms. The van der Waals surface area contributed by atoms with Crippen LogP contribution in [0.5, 0.6) is 0 Å². The molecule has 0 bridgehead atoms. The predicted octanol–water partition coefficient (Wildman–Crippen LogP) is 0.760. The number of hydrogen-bond acceptors (Lipinski definition) is 3. The summed E-state index contributed by atoms with van der Waals surface area (Å²) < 4.78 is 0. The van der Waals surface area contributed by atoms with Crippen molar-refractivity contribution in [3.63, 3.8) is 0 Å². The molecule has 0 amide bonds. The average Bonchev–Trinajstić information content (AvgIpc) is 2.12. The van der Waals surface area contributed by atoms with E-state index in [9.17, 15) is 9.59 Å². The molecule has 0 aromatic heterocycles. The molecule has 0 aromatic rings. The fraction of sp³-hybridized carbons (Fsp3) is 0.200. The van der Waals surface area contributed by atoms with Crippen molar-refractivity contribution in [3.05, 3.63) is 37.1 Å². The number of hydrogen-bond donors (Lipinski definition) is 3. The molecule has 1 unspecified atom stereocenters. The lowest BCUT2D eigenvalue weighted by Gasteiger charge is -2.13. The highest BCUT2D eigenvalue weighted by molar-refractivity contribution is 5.80. The second-order valence-corrected chi connectivity index (χ2v) is 2.75. The molecule has 0 aliphatic rings. The molecule has 0 aliphatic carbocycles. The molecule has 0 rings (SSSR count). The number of rotatable bonds is 7. The van der Waals surface area contributed by atoms with Crippen molar-refractivity contribution in [1.82, 2.24) is 5.32 Å². The zero-order valence-electron chi connectivity index (χ0n) is 8.14. The van der Waals surface area contributed by atoms with Gasteiger partial charge < -0.3 is 15.5 Å². The van der Waals surface area contributed by atoms with E-state index in [0.717, 1.165) is 0 Å².